The predicted molar refractivity (Wildman–Crippen MR) is 106 cm³/mol. The molecule has 1 heterocycles. The van der Waals surface area contributed by atoms with Gasteiger partial charge in [-0.25, -0.2) is 8.42 Å². The minimum absolute atomic E-state index is 0.132. The highest BCUT2D eigenvalue weighted by molar-refractivity contribution is 7.92. The minimum Gasteiger partial charge on any atom is -0.497 e. The van der Waals surface area contributed by atoms with E-state index in [1.807, 2.05) is 6.92 Å². The monoisotopic (exact) mass is 406 g/mol. The molecule has 1 amide bonds. The maximum absolute atomic E-state index is 12.8. The maximum atomic E-state index is 12.8. The highest BCUT2D eigenvalue weighted by Crippen LogP contribution is 2.36. The van der Waals surface area contributed by atoms with Gasteiger partial charge in [0.05, 0.1) is 38.4 Å². The van der Waals surface area contributed by atoms with Crippen LogP contribution in [-0.4, -0.2) is 47.4 Å². The smallest absolute Gasteiger partial charge is 0.267 e. The van der Waals surface area contributed by atoms with Crippen molar-refractivity contribution in [2.75, 3.05) is 36.6 Å². The van der Waals surface area contributed by atoms with Crippen LogP contribution < -0.4 is 23.8 Å². The number of hydrogen-bond acceptors (Lipinski definition) is 6. The van der Waals surface area contributed by atoms with Crippen molar-refractivity contribution in [1.29, 1.82) is 0 Å². The number of carbonyl (C=O) groups excluding carboxylic acids is 1. The lowest BCUT2D eigenvalue weighted by Crippen LogP contribution is -2.48. The number of nitrogens with one attached hydrogen (secondary N) is 1. The van der Waals surface area contributed by atoms with E-state index in [9.17, 15) is 13.2 Å². The number of carbonyl (C=O) groups is 1. The quantitative estimate of drug-likeness (QED) is 0.818. The summed E-state index contributed by atoms with van der Waals surface area (Å²) in [5, 5.41) is 2.73. The Labute approximate surface area is 164 Å². The molecule has 0 saturated carbocycles. The summed E-state index contributed by atoms with van der Waals surface area (Å²) in [4.78, 5) is 12.8. The fraction of sp³-hybridized carbons (Fsp3) is 0.316. The van der Waals surface area contributed by atoms with Crippen molar-refractivity contribution in [3.05, 3.63) is 42.0 Å². The van der Waals surface area contributed by atoms with E-state index in [2.05, 4.69) is 5.32 Å². The molecule has 0 unspecified atom stereocenters. The van der Waals surface area contributed by atoms with Gasteiger partial charge in [-0.3, -0.25) is 9.10 Å². The molecule has 2 aromatic carbocycles. The van der Waals surface area contributed by atoms with E-state index >= 15 is 0 Å². The summed E-state index contributed by atoms with van der Waals surface area (Å²) in [6.45, 7) is 1.72. The molecule has 0 aliphatic carbocycles. The topological polar surface area (TPSA) is 94.2 Å². The molecule has 1 atom stereocenters. The van der Waals surface area contributed by atoms with Crippen molar-refractivity contribution in [1.82, 2.24) is 0 Å². The van der Waals surface area contributed by atoms with Gasteiger partial charge in [0.1, 0.15) is 17.2 Å². The van der Waals surface area contributed by atoms with E-state index in [4.69, 9.17) is 14.2 Å². The van der Waals surface area contributed by atoms with Crippen LogP contribution in [0, 0.1) is 6.92 Å². The van der Waals surface area contributed by atoms with Crippen LogP contribution in [-0.2, 0) is 14.8 Å². The van der Waals surface area contributed by atoms with Crippen molar-refractivity contribution >= 4 is 27.3 Å². The van der Waals surface area contributed by atoms with Gasteiger partial charge in [-0.05, 0) is 36.8 Å². The van der Waals surface area contributed by atoms with Crippen LogP contribution in [0.15, 0.2) is 36.4 Å². The Kier molecular flexibility index (Phi) is 5.37. The fourth-order valence-corrected chi connectivity index (χ4v) is 3.84. The van der Waals surface area contributed by atoms with Gasteiger partial charge >= 0.3 is 0 Å². The predicted octanol–water partition coefficient (Wildman–Crippen LogP) is 2.18. The Bertz CT molecular complexity index is 1010. The first kappa shape index (κ1) is 19.8. The fourth-order valence-electron chi connectivity index (χ4n) is 2.94. The van der Waals surface area contributed by atoms with E-state index < -0.39 is 22.0 Å². The standard InChI is InChI=1S/C19H22N2O6S/c1-12-5-7-17-15(9-12)21(28(4,23)24)11-18(27-17)19(22)20-14-10-13(25-2)6-8-16(14)26-3/h5-10,18H,11H2,1-4H3,(H,20,22)/t18-/m0/s1. The summed E-state index contributed by atoms with van der Waals surface area (Å²) >= 11 is 0. The lowest BCUT2D eigenvalue weighted by molar-refractivity contribution is -0.122. The Morgan fingerprint density at radius 2 is 1.93 bits per heavy atom. The highest BCUT2D eigenvalue weighted by atomic mass is 32.2. The molecule has 1 aliphatic heterocycles. The van der Waals surface area contributed by atoms with E-state index in [1.165, 1.54) is 18.5 Å². The number of nitrogens with zero attached hydrogens (tertiary/aromatic N) is 1. The van der Waals surface area contributed by atoms with Crippen molar-refractivity contribution < 1.29 is 27.4 Å². The maximum Gasteiger partial charge on any atom is 0.267 e. The second-order valence-electron chi connectivity index (χ2n) is 6.43. The van der Waals surface area contributed by atoms with Crippen LogP contribution in [0.2, 0.25) is 0 Å². The van der Waals surface area contributed by atoms with Crippen LogP contribution in [0.4, 0.5) is 11.4 Å². The van der Waals surface area contributed by atoms with Crippen molar-refractivity contribution in [3.8, 4) is 17.2 Å². The number of sulfonamides is 1. The summed E-state index contributed by atoms with van der Waals surface area (Å²) in [7, 11) is -0.591. The molecular weight excluding hydrogens is 384 g/mol. The van der Waals surface area contributed by atoms with Gasteiger partial charge in [0.2, 0.25) is 10.0 Å². The SMILES string of the molecule is COc1ccc(OC)c(NC(=O)[C@@H]2CN(S(C)(=O)=O)c3cc(C)ccc3O2)c1. The lowest BCUT2D eigenvalue weighted by Gasteiger charge is -2.34. The molecule has 2 aromatic rings. The number of aryl methyl sites for hydroxylation is 1. The number of ether oxygens (including phenoxy) is 3. The molecule has 0 bridgehead atoms. The number of methoxy groups -OCH3 is 2. The zero-order valence-electron chi connectivity index (χ0n) is 16.1. The van der Waals surface area contributed by atoms with Gasteiger partial charge in [0.15, 0.2) is 6.10 Å². The molecule has 0 spiro atoms. The molecule has 0 saturated heterocycles. The zero-order valence-corrected chi connectivity index (χ0v) is 16.9. The number of amides is 1. The van der Waals surface area contributed by atoms with E-state index in [-0.39, 0.29) is 6.54 Å². The van der Waals surface area contributed by atoms with Crippen LogP contribution in [0.25, 0.3) is 0 Å². The molecule has 28 heavy (non-hydrogen) atoms. The summed E-state index contributed by atoms with van der Waals surface area (Å²) in [6, 6.07) is 10.2. The molecule has 150 valence electrons. The van der Waals surface area contributed by atoms with Crippen LogP contribution >= 0.6 is 0 Å². The third-order valence-corrected chi connectivity index (χ3v) is 5.49. The number of benzene rings is 2. The van der Waals surface area contributed by atoms with E-state index in [0.717, 1.165) is 11.8 Å². The molecule has 0 radical (unpaired) electrons. The van der Waals surface area contributed by atoms with Crippen LogP contribution in [0.3, 0.4) is 0 Å². The first-order valence-corrected chi connectivity index (χ1v) is 10.4. The van der Waals surface area contributed by atoms with Gasteiger partial charge < -0.3 is 19.5 Å². The van der Waals surface area contributed by atoms with E-state index in [0.29, 0.717) is 28.6 Å². The van der Waals surface area contributed by atoms with Crippen molar-refractivity contribution in [3.63, 3.8) is 0 Å². The van der Waals surface area contributed by atoms with Crippen LogP contribution in [0.5, 0.6) is 17.2 Å². The van der Waals surface area contributed by atoms with Gasteiger partial charge in [-0.2, -0.15) is 0 Å². The first-order valence-electron chi connectivity index (χ1n) is 8.51. The Balaban J connectivity index is 1.90. The minimum atomic E-state index is -3.59. The number of fused-ring (bicyclic) bond motifs is 1. The molecular formula is C19H22N2O6S. The molecule has 3 rings (SSSR count). The van der Waals surface area contributed by atoms with Gasteiger partial charge in [0, 0.05) is 6.07 Å². The normalized spacial score (nSPS) is 16.0. The molecule has 1 N–H and O–H groups in total. The molecule has 8 nitrogen and oxygen atoms in total. The van der Waals surface area contributed by atoms with Crippen LogP contribution in [0.1, 0.15) is 5.56 Å². The summed E-state index contributed by atoms with van der Waals surface area (Å²) < 4.78 is 42.0. The van der Waals surface area contributed by atoms with Crippen molar-refractivity contribution in [2.24, 2.45) is 0 Å². The Morgan fingerprint density at radius 3 is 2.57 bits per heavy atom. The Hall–Kier alpha value is -2.94. The highest BCUT2D eigenvalue weighted by Gasteiger charge is 2.35. The molecule has 9 heteroatoms. The third kappa shape index (κ3) is 3.99. The van der Waals surface area contributed by atoms with Crippen molar-refractivity contribution in [2.45, 2.75) is 13.0 Å². The largest absolute Gasteiger partial charge is 0.497 e. The number of anilines is 2. The summed E-state index contributed by atoms with van der Waals surface area (Å²) in [5.41, 5.74) is 1.71. The molecule has 0 fully saturated rings. The van der Waals surface area contributed by atoms with E-state index in [1.54, 1.807) is 36.4 Å². The van der Waals surface area contributed by atoms with Gasteiger partial charge in [-0.1, -0.05) is 6.07 Å². The Morgan fingerprint density at radius 1 is 1.18 bits per heavy atom. The average Bonchev–Trinajstić information content (AvgIpc) is 2.66. The molecule has 0 aromatic heterocycles. The summed E-state index contributed by atoms with van der Waals surface area (Å²) in [6.07, 6.45) is 0.0747. The van der Waals surface area contributed by atoms with Gasteiger partial charge in [0.25, 0.3) is 5.91 Å². The second-order valence-corrected chi connectivity index (χ2v) is 8.33. The number of rotatable bonds is 5. The zero-order chi connectivity index (χ0) is 20.5. The molecule has 1 aliphatic rings. The average molecular weight is 406 g/mol. The third-order valence-electron chi connectivity index (χ3n) is 4.34. The lowest BCUT2D eigenvalue weighted by atomic mass is 10.1. The number of hydrogen-bond donors (Lipinski definition) is 1. The van der Waals surface area contributed by atoms with Gasteiger partial charge in [-0.15, -0.1) is 0 Å². The second kappa shape index (κ2) is 7.59. The summed E-state index contributed by atoms with van der Waals surface area (Å²) in [5.74, 6) is 0.826. The first-order chi connectivity index (χ1) is 13.2.